The van der Waals surface area contributed by atoms with E-state index < -0.39 is 11.2 Å². The number of nitrogens with two attached hydrogens (primary N) is 1. The van der Waals surface area contributed by atoms with E-state index in [1.807, 2.05) is 26.0 Å². The van der Waals surface area contributed by atoms with Crippen LogP contribution in [0.3, 0.4) is 0 Å². The molecule has 0 atom stereocenters. The average molecular weight is 421 g/mol. The fraction of sp³-hybridized carbons (Fsp3) is 0.476. The van der Waals surface area contributed by atoms with Crippen molar-refractivity contribution in [2.75, 3.05) is 17.2 Å². The van der Waals surface area contributed by atoms with Gasteiger partial charge in [0.2, 0.25) is 5.91 Å². The molecule has 29 heavy (non-hydrogen) atoms. The van der Waals surface area contributed by atoms with Crippen molar-refractivity contribution < 1.29 is 4.79 Å². The first-order valence-corrected chi connectivity index (χ1v) is 10.4. The maximum absolute atomic E-state index is 13.0. The van der Waals surface area contributed by atoms with Gasteiger partial charge in [0.25, 0.3) is 5.56 Å². The van der Waals surface area contributed by atoms with Gasteiger partial charge in [-0.3, -0.25) is 19.1 Å². The normalized spacial score (nSPS) is 10.9. The fourth-order valence-electron chi connectivity index (χ4n) is 3.09. The number of anilines is 2. The zero-order valence-corrected chi connectivity index (χ0v) is 17.8. The van der Waals surface area contributed by atoms with Crippen LogP contribution >= 0.6 is 11.6 Å². The zero-order valence-electron chi connectivity index (χ0n) is 17.0. The Bertz CT molecular complexity index is 934. The van der Waals surface area contributed by atoms with Crippen molar-refractivity contribution in [2.24, 2.45) is 0 Å². The van der Waals surface area contributed by atoms with E-state index in [2.05, 4.69) is 4.98 Å². The summed E-state index contributed by atoms with van der Waals surface area (Å²) in [6.07, 6.45) is 3.94. The molecular formula is C21H29ClN4O3. The van der Waals surface area contributed by atoms with E-state index in [9.17, 15) is 14.4 Å². The summed E-state index contributed by atoms with van der Waals surface area (Å²) in [6.45, 7) is 4.77. The molecule has 0 radical (unpaired) electrons. The van der Waals surface area contributed by atoms with E-state index in [1.54, 1.807) is 12.1 Å². The molecule has 1 amide bonds. The van der Waals surface area contributed by atoms with E-state index >= 15 is 0 Å². The van der Waals surface area contributed by atoms with Crippen molar-refractivity contribution in [1.29, 1.82) is 0 Å². The number of rotatable bonds is 10. The van der Waals surface area contributed by atoms with Gasteiger partial charge in [0.15, 0.2) is 5.69 Å². The van der Waals surface area contributed by atoms with Gasteiger partial charge in [0.05, 0.1) is 0 Å². The number of unbranched alkanes of at least 4 members (excludes halogenated alkanes) is 2. The predicted octanol–water partition coefficient (Wildman–Crippen LogP) is 3.34. The SMILES string of the molecule is CCCCN(C(=O)CCc1ccc(Cl)cc1)c1c(N)n(CCCC)c(=O)[nH]c1=O. The van der Waals surface area contributed by atoms with Gasteiger partial charge < -0.3 is 10.6 Å². The first-order valence-electron chi connectivity index (χ1n) is 10.1. The second-order valence-corrected chi connectivity index (χ2v) is 7.46. The number of hydrogen-bond acceptors (Lipinski definition) is 4. The number of hydrogen-bond donors (Lipinski definition) is 2. The smallest absolute Gasteiger partial charge is 0.330 e. The molecule has 0 aliphatic rings. The average Bonchev–Trinajstić information content (AvgIpc) is 2.69. The lowest BCUT2D eigenvalue weighted by molar-refractivity contribution is -0.118. The second-order valence-electron chi connectivity index (χ2n) is 7.02. The van der Waals surface area contributed by atoms with Crippen molar-refractivity contribution >= 4 is 29.0 Å². The molecule has 2 rings (SSSR count). The van der Waals surface area contributed by atoms with Gasteiger partial charge >= 0.3 is 5.69 Å². The van der Waals surface area contributed by atoms with Crippen molar-refractivity contribution in [3.63, 3.8) is 0 Å². The quantitative estimate of drug-likeness (QED) is 0.615. The minimum atomic E-state index is -0.629. The van der Waals surface area contributed by atoms with Crippen LogP contribution in [0.25, 0.3) is 0 Å². The molecule has 1 aromatic heterocycles. The number of benzene rings is 1. The summed E-state index contributed by atoms with van der Waals surface area (Å²) in [7, 11) is 0. The van der Waals surface area contributed by atoms with Gasteiger partial charge in [-0.25, -0.2) is 4.79 Å². The largest absolute Gasteiger partial charge is 0.383 e. The number of amides is 1. The molecule has 0 saturated heterocycles. The first-order chi connectivity index (χ1) is 13.9. The van der Waals surface area contributed by atoms with Crippen LogP contribution < -0.4 is 21.9 Å². The van der Waals surface area contributed by atoms with Crippen LogP contribution in [0.15, 0.2) is 33.9 Å². The number of nitrogens with one attached hydrogen (secondary N) is 1. The Balaban J connectivity index is 2.33. The summed E-state index contributed by atoms with van der Waals surface area (Å²) in [5, 5.41) is 0.637. The van der Waals surface area contributed by atoms with Crippen molar-refractivity contribution in [2.45, 2.75) is 58.9 Å². The Morgan fingerprint density at radius 3 is 2.41 bits per heavy atom. The minimum Gasteiger partial charge on any atom is -0.383 e. The molecule has 0 aliphatic carbocycles. The number of carbonyl (C=O) groups is 1. The zero-order chi connectivity index (χ0) is 21.4. The molecule has 7 nitrogen and oxygen atoms in total. The number of H-pyrrole nitrogens is 1. The Hall–Kier alpha value is -2.54. The van der Waals surface area contributed by atoms with Gasteiger partial charge in [-0.1, -0.05) is 50.4 Å². The molecule has 0 saturated carbocycles. The highest BCUT2D eigenvalue weighted by molar-refractivity contribution is 6.30. The number of nitrogen functional groups attached to an aromatic ring is 1. The number of aryl methyl sites for hydroxylation is 1. The third-order valence-electron chi connectivity index (χ3n) is 4.80. The lowest BCUT2D eigenvalue weighted by Crippen LogP contribution is -2.41. The van der Waals surface area contributed by atoms with Gasteiger partial charge in [0, 0.05) is 24.5 Å². The van der Waals surface area contributed by atoms with Gasteiger partial charge in [-0.2, -0.15) is 0 Å². The number of halogens is 1. The molecule has 1 aromatic carbocycles. The Labute approximate surface area is 175 Å². The minimum absolute atomic E-state index is 0.0446. The van der Waals surface area contributed by atoms with Crippen LogP contribution in [0.5, 0.6) is 0 Å². The molecule has 2 aromatic rings. The molecule has 0 unspecified atom stereocenters. The summed E-state index contributed by atoms with van der Waals surface area (Å²) in [5.74, 6) is -0.158. The lowest BCUT2D eigenvalue weighted by Gasteiger charge is -2.24. The molecule has 0 spiro atoms. The summed E-state index contributed by atoms with van der Waals surface area (Å²) >= 11 is 5.91. The number of carbonyl (C=O) groups excluding carboxylic acids is 1. The predicted molar refractivity (Wildman–Crippen MR) is 118 cm³/mol. The van der Waals surface area contributed by atoms with Crippen LogP contribution in [0, 0.1) is 0 Å². The monoisotopic (exact) mass is 420 g/mol. The van der Waals surface area contributed by atoms with Gasteiger partial charge in [-0.05, 0) is 37.0 Å². The summed E-state index contributed by atoms with van der Waals surface area (Å²) in [5.41, 5.74) is 6.06. The maximum Gasteiger partial charge on any atom is 0.330 e. The maximum atomic E-state index is 13.0. The number of aromatic nitrogens is 2. The van der Waals surface area contributed by atoms with E-state index in [1.165, 1.54) is 9.47 Å². The number of nitrogens with zero attached hydrogens (tertiary/aromatic N) is 2. The summed E-state index contributed by atoms with van der Waals surface area (Å²) < 4.78 is 1.34. The Morgan fingerprint density at radius 1 is 1.14 bits per heavy atom. The molecule has 0 fully saturated rings. The van der Waals surface area contributed by atoms with Crippen molar-refractivity contribution in [1.82, 2.24) is 9.55 Å². The highest BCUT2D eigenvalue weighted by atomic mass is 35.5. The summed E-state index contributed by atoms with van der Waals surface area (Å²) in [6, 6.07) is 7.31. The van der Waals surface area contributed by atoms with Crippen LogP contribution in [0.1, 0.15) is 51.5 Å². The van der Waals surface area contributed by atoms with E-state index in [0.717, 1.165) is 31.2 Å². The third-order valence-corrected chi connectivity index (χ3v) is 5.05. The van der Waals surface area contributed by atoms with E-state index in [4.69, 9.17) is 17.3 Å². The van der Waals surface area contributed by atoms with Gasteiger partial charge in [0.1, 0.15) is 5.82 Å². The van der Waals surface area contributed by atoms with Crippen molar-refractivity contribution in [3.05, 3.63) is 55.7 Å². The van der Waals surface area contributed by atoms with Crippen LogP contribution in [0.2, 0.25) is 5.02 Å². The Morgan fingerprint density at radius 2 is 1.79 bits per heavy atom. The standard InChI is InChI=1S/C21H29ClN4O3/c1-3-5-13-25(17(27)12-9-15-7-10-16(22)11-8-15)18-19(23)26(14-6-4-2)21(29)24-20(18)28/h7-8,10-11H,3-6,9,12-14,23H2,1-2H3,(H,24,28,29). The molecule has 158 valence electrons. The highest BCUT2D eigenvalue weighted by Gasteiger charge is 2.23. The molecule has 0 bridgehead atoms. The third kappa shape index (κ3) is 5.97. The Kier molecular flexibility index (Phi) is 8.51. The molecular weight excluding hydrogens is 392 g/mol. The molecule has 8 heteroatoms. The van der Waals surface area contributed by atoms with E-state index in [-0.39, 0.29) is 23.8 Å². The molecule has 0 aliphatic heterocycles. The van der Waals surface area contributed by atoms with Crippen LogP contribution in [0.4, 0.5) is 11.5 Å². The van der Waals surface area contributed by atoms with Crippen LogP contribution in [-0.4, -0.2) is 22.0 Å². The highest BCUT2D eigenvalue weighted by Crippen LogP contribution is 2.20. The fourth-order valence-corrected chi connectivity index (χ4v) is 3.22. The second kappa shape index (κ2) is 10.9. The van der Waals surface area contributed by atoms with E-state index in [0.29, 0.717) is 24.5 Å². The molecule has 1 heterocycles. The summed E-state index contributed by atoms with van der Waals surface area (Å²) in [4.78, 5) is 41.5. The topological polar surface area (TPSA) is 101 Å². The van der Waals surface area contributed by atoms with Crippen LogP contribution in [-0.2, 0) is 17.8 Å². The van der Waals surface area contributed by atoms with Crippen molar-refractivity contribution in [3.8, 4) is 0 Å². The molecule has 3 N–H and O–H groups in total. The first kappa shape index (κ1) is 22.7. The lowest BCUT2D eigenvalue weighted by atomic mass is 10.1. The van der Waals surface area contributed by atoms with Gasteiger partial charge in [-0.15, -0.1) is 0 Å². The number of aromatic amines is 1.